The molecule has 0 aliphatic rings. The minimum Gasteiger partial charge on any atom is -0.317 e. The number of halogens is 4. The molecule has 0 aliphatic carbocycles. The molecule has 0 radical (unpaired) electrons. The van der Waals surface area contributed by atoms with Crippen molar-refractivity contribution in [1.82, 2.24) is 4.57 Å². The molecule has 3 rings (SSSR count). The van der Waals surface area contributed by atoms with Crippen molar-refractivity contribution in [2.24, 2.45) is 0 Å². The summed E-state index contributed by atoms with van der Waals surface area (Å²) in [4.78, 5) is 0. The molecule has 0 saturated heterocycles. The summed E-state index contributed by atoms with van der Waals surface area (Å²) in [6.45, 7) is 0. The first-order valence-corrected chi connectivity index (χ1v) is 8.40. The lowest BCUT2D eigenvalue weighted by molar-refractivity contribution is -0.137. The second kappa shape index (κ2) is 7.22. The molecule has 130 valence electrons. The van der Waals surface area contributed by atoms with Gasteiger partial charge < -0.3 is 4.57 Å². The number of benzene rings is 2. The highest BCUT2D eigenvalue weighted by molar-refractivity contribution is 9.10. The lowest BCUT2D eigenvalue weighted by Gasteiger charge is -2.09. The molecule has 3 aromatic rings. The Kier molecular flexibility index (Phi) is 5.01. The van der Waals surface area contributed by atoms with E-state index in [0.29, 0.717) is 5.56 Å². The Morgan fingerprint density at radius 3 is 2.38 bits per heavy atom. The second-order valence-corrected chi connectivity index (χ2v) is 6.44. The Bertz CT molecular complexity index is 993. The fraction of sp³-hybridized carbons (Fsp3) is 0.0500. The number of nitriles is 1. The Balaban J connectivity index is 1.99. The van der Waals surface area contributed by atoms with E-state index < -0.39 is 11.7 Å². The number of nitrogens with zero attached hydrogens (tertiary/aromatic N) is 2. The highest BCUT2D eigenvalue weighted by Crippen LogP contribution is 2.30. The third kappa shape index (κ3) is 3.89. The third-order valence-corrected chi connectivity index (χ3v) is 4.30. The van der Waals surface area contributed by atoms with E-state index in [1.54, 1.807) is 6.08 Å². The number of hydrogen-bond acceptors (Lipinski definition) is 1. The molecule has 0 saturated carbocycles. The Labute approximate surface area is 156 Å². The molecule has 0 bridgehead atoms. The summed E-state index contributed by atoms with van der Waals surface area (Å²) in [5, 5.41) is 9.46. The largest absolute Gasteiger partial charge is 0.416 e. The summed E-state index contributed by atoms with van der Waals surface area (Å²) in [5.41, 5.74) is 1.63. The van der Waals surface area contributed by atoms with Gasteiger partial charge in [-0.15, -0.1) is 0 Å². The van der Waals surface area contributed by atoms with Gasteiger partial charge in [0.15, 0.2) is 0 Å². The van der Waals surface area contributed by atoms with Crippen LogP contribution in [0.1, 0.15) is 16.8 Å². The first-order valence-electron chi connectivity index (χ1n) is 7.61. The fourth-order valence-corrected chi connectivity index (χ4v) is 2.93. The third-order valence-electron chi connectivity index (χ3n) is 3.80. The normalized spacial score (nSPS) is 12.0. The zero-order chi connectivity index (χ0) is 18.7. The van der Waals surface area contributed by atoms with Crippen LogP contribution in [0.4, 0.5) is 13.2 Å². The maximum Gasteiger partial charge on any atom is 0.416 e. The predicted octanol–water partition coefficient (Wildman–Crippen LogP) is 6.32. The van der Waals surface area contributed by atoms with E-state index in [2.05, 4.69) is 22.0 Å². The molecule has 26 heavy (non-hydrogen) atoms. The average Bonchev–Trinajstić information content (AvgIpc) is 3.07. The lowest BCUT2D eigenvalue weighted by Crippen LogP contribution is -2.04. The van der Waals surface area contributed by atoms with E-state index in [-0.39, 0.29) is 5.57 Å². The molecule has 1 heterocycles. The summed E-state index contributed by atoms with van der Waals surface area (Å²) in [5.74, 6) is 0. The topological polar surface area (TPSA) is 28.7 Å². The fourth-order valence-electron chi connectivity index (χ4n) is 2.54. The van der Waals surface area contributed by atoms with Crippen molar-refractivity contribution in [3.63, 3.8) is 0 Å². The Morgan fingerprint density at radius 2 is 1.77 bits per heavy atom. The second-order valence-electron chi connectivity index (χ2n) is 5.53. The van der Waals surface area contributed by atoms with Gasteiger partial charge in [0.2, 0.25) is 0 Å². The quantitative estimate of drug-likeness (QED) is 0.459. The van der Waals surface area contributed by atoms with Gasteiger partial charge in [-0.1, -0.05) is 34.1 Å². The smallest absolute Gasteiger partial charge is 0.317 e. The molecule has 0 N–H and O–H groups in total. The molecular formula is C20H12BrF3N2. The van der Waals surface area contributed by atoms with E-state index >= 15 is 0 Å². The summed E-state index contributed by atoms with van der Waals surface area (Å²) in [6.07, 6.45) is -0.886. The Morgan fingerprint density at radius 1 is 1.04 bits per heavy atom. The summed E-state index contributed by atoms with van der Waals surface area (Å²) >= 11 is 3.42. The van der Waals surface area contributed by atoms with Crippen molar-refractivity contribution in [2.45, 2.75) is 6.18 Å². The molecule has 1 aromatic heterocycles. The summed E-state index contributed by atoms with van der Waals surface area (Å²) in [7, 11) is 0. The molecule has 2 aromatic carbocycles. The van der Waals surface area contributed by atoms with Gasteiger partial charge in [-0.3, -0.25) is 0 Å². The van der Waals surface area contributed by atoms with Gasteiger partial charge in [-0.2, -0.15) is 18.4 Å². The van der Waals surface area contributed by atoms with E-state index in [1.807, 2.05) is 47.2 Å². The van der Waals surface area contributed by atoms with Crippen molar-refractivity contribution in [1.29, 1.82) is 5.26 Å². The van der Waals surface area contributed by atoms with Crippen LogP contribution >= 0.6 is 15.9 Å². The van der Waals surface area contributed by atoms with Gasteiger partial charge in [0.1, 0.15) is 0 Å². The van der Waals surface area contributed by atoms with Gasteiger partial charge in [-0.05, 0) is 54.1 Å². The molecule has 0 amide bonds. The van der Waals surface area contributed by atoms with Crippen molar-refractivity contribution < 1.29 is 13.2 Å². The number of allylic oxidation sites excluding steroid dienone is 1. The van der Waals surface area contributed by atoms with Gasteiger partial charge in [0.05, 0.1) is 17.2 Å². The van der Waals surface area contributed by atoms with Crippen molar-refractivity contribution in [3.8, 4) is 11.8 Å². The minimum atomic E-state index is -4.40. The van der Waals surface area contributed by atoms with Crippen LogP contribution in [0.15, 0.2) is 71.3 Å². The van der Waals surface area contributed by atoms with Crippen LogP contribution in [0.3, 0.4) is 0 Å². The summed E-state index contributed by atoms with van der Waals surface area (Å²) < 4.78 is 40.9. The standard InChI is InChI=1S/C20H12BrF3N2/c21-17-3-1-4-19(12-17)26-10-2-5-18(26)11-15(13-25)14-6-8-16(9-7-14)20(22,23)24/h1-12H/b15-11-. The summed E-state index contributed by atoms with van der Waals surface area (Å²) in [6, 6.07) is 18.0. The van der Waals surface area contributed by atoms with Crippen molar-refractivity contribution >= 4 is 27.6 Å². The van der Waals surface area contributed by atoms with Gasteiger partial charge in [0.25, 0.3) is 0 Å². The minimum absolute atomic E-state index is 0.286. The van der Waals surface area contributed by atoms with Crippen LogP contribution in [0.25, 0.3) is 17.3 Å². The molecule has 2 nitrogen and oxygen atoms in total. The van der Waals surface area contributed by atoms with Crippen LogP contribution in [-0.2, 0) is 6.18 Å². The van der Waals surface area contributed by atoms with E-state index in [0.717, 1.165) is 28.0 Å². The van der Waals surface area contributed by atoms with E-state index in [1.165, 1.54) is 12.1 Å². The van der Waals surface area contributed by atoms with Crippen molar-refractivity contribution in [2.75, 3.05) is 0 Å². The van der Waals surface area contributed by atoms with Crippen LogP contribution in [0.5, 0.6) is 0 Å². The van der Waals surface area contributed by atoms with Crippen LogP contribution in [0.2, 0.25) is 0 Å². The molecule has 0 spiro atoms. The van der Waals surface area contributed by atoms with Gasteiger partial charge >= 0.3 is 6.18 Å². The van der Waals surface area contributed by atoms with Crippen LogP contribution < -0.4 is 0 Å². The highest BCUT2D eigenvalue weighted by atomic mass is 79.9. The molecule has 0 atom stereocenters. The zero-order valence-electron chi connectivity index (χ0n) is 13.3. The SMILES string of the molecule is N#C/C(=C/c1cccn1-c1cccc(Br)c1)c1ccc(C(F)(F)F)cc1. The monoisotopic (exact) mass is 416 g/mol. The van der Waals surface area contributed by atoms with Crippen LogP contribution in [-0.4, -0.2) is 4.57 Å². The maximum atomic E-state index is 12.7. The lowest BCUT2D eigenvalue weighted by atomic mass is 10.0. The molecule has 6 heteroatoms. The number of aromatic nitrogens is 1. The highest BCUT2D eigenvalue weighted by Gasteiger charge is 2.30. The van der Waals surface area contributed by atoms with Crippen LogP contribution in [0, 0.1) is 11.3 Å². The first-order chi connectivity index (χ1) is 12.4. The molecule has 0 unspecified atom stereocenters. The number of alkyl halides is 3. The van der Waals surface area contributed by atoms with Gasteiger partial charge in [-0.25, -0.2) is 0 Å². The maximum absolute atomic E-state index is 12.7. The van der Waals surface area contributed by atoms with E-state index in [4.69, 9.17) is 0 Å². The zero-order valence-corrected chi connectivity index (χ0v) is 14.9. The number of rotatable bonds is 3. The van der Waals surface area contributed by atoms with Crippen molar-refractivity contribution in [3.05, 3.63) is 88.2 Å². The molecular weight excluding hydrogens is 405 g/mol. The van der Waals surface area contributed by atoms with Gasteiger partial charge in [0, 0.05) is 22.1 Å². The van der Waals surface area contributed by atoms with E-state index in [9.17, 15) is 18.4 Å². The number of hydrogen-bond donors (Lipinski definition) is 0. The molecule has 0 fully saturated rings. The molecule has 0 aliphatic heterocycles. The first kappa shape index (κ1) is 18.0. The Hall–Kier alpha value is -2.78. The predicted molar refractivity (Wildman–Crippen MR) is 98.4 cm³/mol. The average molecular weight is 417 g/mol.